The summed E-state index contributed by atoms with van der Waals surface area (Å²) in [5, 5.41) is 3.88. The van der Waals surface area contributed by atoms with Gasteiger partial charge in [0.05, 0.1) is 0 Å². The van der Waals surface area contributed by atoms with Gasteiger partial charge in [0.25, 0.3) is 0 Å². The number of nitrogens with zero attached hydrogens (tertiary/aromatic N) is 1. The average molecular weight is 250 g/mol. The molecule has 2 nitrogen and oxygen atoms in total. The van der Waals surface area contributed by atoms with Crippen LogP contribution in [0.2, 0.25) is 0 Å². The van der Waals surface area contributed by atoms with Crippen LogP contribution < -0.4 is 5.32 Å². The van der Waals surface area contributed by atoms with E-state index in [-0.39, 0.29) is 0 Å². The van der Waals surface area contributed by atoms with E-state index >= 15 is 0 Å². The zero-order valence-corrected chi connectivity index (χ0v) is 11.9. The zero-order chi connectivity index (χ0) is 12.3. The number of rotatable bonds is 1. The van der Waals surface area contributed by atoms with Crippen molar-refractivity contribution in [2.45, 2.75) is 82.2 Å². The molecule has 2 heteroatoms. The third-order valence-corrected chi connectivity index (χ3v) is 5.56. The number of hydrogen-bond acceptors (Lipinski definition) is 2. The molecule has 2 saturated carbocycles. The van der Waals surface area contributed by atoms with Gasteiger partial charge in [0.2, 0.25) is 0 Å². The Morgan fingerprint density at radius 1 is 0.833 bits per heavy atom. The average Bonchev–Trinajstić information content (AvgIpc) is 2.68. The second-order valence-electron chi connectivity index (χ2n) is 6.88. The largest absolute Gasteiger partial charge is 0.309 e. The van der Waals surface area contributed by atoms with Crippen LogP contribution in [-0.4, -0.2) is 36.1 Å². The molecular formula is C16H30N2. The maximum Gasteiger partial charge on any atom is 0.0309 e. The van der Waals surface area contributed by atoms with Crippen molar-refractivity contribution >= 4 is 0 Å². The predicted molar refractivity (Wildman–Crippen MR) is 76.9 cm³/mol. The molecular weight excluding hydrogens is 220 g/mol. The van der Waals surface area contributed by atoms with Gasteiger partial charge in [-0.05, 0) is 25.7 Å². The first-order valence-electron chi connectivity index (χ1n) is 8.37. The van der Waals surface area contributed by atoms with Crippen molar-refractivity contribution in [3.63, 3.8) is 0 Å². The van der Waals surface area contributed by atoms with Crippen LogP contribution in [0.25, 0.3) is 0 Å². The maximum atomic E-state index is 3.88. The lowest BCUT2D eigenvalue weighted by molar-refractivity contribution is 0.0622. The SMILES string of the molecule is C1CCCC(N2CCNC3(CCCCC3)C2)CC1. The van der Waals surface area contributed by atoms with E-state index in [2.05, 4.69) is 10.2 Å². The summed E-state index contributed by atoms with van der Waals surface area (Å²) >= 11 is 0. The second-order valence-corrected chi connectivity index (χ2v) is 6.88. The summed E-state index contributed by atoms with van der Waals surface area (Å²) < 4.78 is 0. The number of nitrogens with one attached hydrogen (secondary N) is 1. The fraction of sp³-hybridized carbons (Fsp3) is 1.00. The molecule has 1 aliphatic heterocycles. The molecule has 1 saturated heterocycles. The van der Waals surface area contributed by atoms with Crippen molar-refractivity contribution in [1.82, 2.24) is 10.2 Å². The smallest absolute Gasteiger partial charge is 0.0309 e. The van der Waals surface area contributed by atoms with Crippen LogP contribution in [0, 0.1) is 0 Å². The Hall–Kier alpha value is -0.0800. The van der Waals surface area contributed by atoms with E-state index in [1.54, 1.807) is 0 Å². The maximum absolute atomic E-state index is 3.88. The number of piperazine rings is 1. The molecule has 0 aromatic heterocycles. The van der Waals surface area contributed by atoms with Gasteiger partial charge in [-0.25, -0.2) is 0 Å². The lowest BCUT2D eigenvalue weighted by Crippen LogP contribution is -2.62. The van der Waals surface area contributed by atoms with Crippen LogP contribution >= 0.6 is 0 Å². The van der Waals surface area contributed by atoms with E-state index in [9.17, 15) is 0 Å². The topological polar surface area (TPSA) is 15.3 Å². The Morgan fingerprint density at radius 2 is 1.50 bits per heavy atom. The Bertz CT molecular complexity index is 244. The van der Waals surface area contributed by atoms with E-state index in [1.165, 1.54) is 90.3 Å². The van der Waals surface area contributed by atoms with Gasteiger partial charge in [0, 0.05) is 31.2 Å². The van der Waals surface area contributed by atoms with Gasteiger partial charge in [-0.1, -0.05) is 44.9 Å². The monoisotopic (exact) mass is 250 g/mol. The van der Waals surface area contributed by atoms with Gasteiger partial charge < -0.3 is 5.32 Å². The predicted octanol–water partition coefficient (Wildman–Crippen LogP) is 3.32. The summed E-state index contributed by atoms with van der Waals surface area (Å²) in [5.74, 6) is 0. The molecule has 18 heavy (non-hydrogen) atoms. The quantitative estimate of drug-likeness (QED) is 0.718. The highest BCUT2D eigenvalue weighted by atomic mass is 15.2. The normalized spacial score (nSPS) is 31.3. The van der Waals surface area contributed by atoms with Gasteiger partial charge in [-0.3, -0.25) is 4.90 Å². The molecule has 0 amide bonds. The Kier molecular flexibility index (Phi) is 4.25. The molecule has 3 fully saturated rings. The van der Waals surface area contributed by atoms with Crippen molar-refractivity contribution in [3.8, 4) is 0 Å². The molecule has 0 unspecified atom stereocenters. The van der Waals surface area contributed by atoms with Crippen LogP contribution in [0.5, 0.6) is 0 Å². The van der Waals surface area contributed by atoms with Crippen molar-refractivity contribution in [2.24, 2.45) is 0 Å². The molecule has 1 spiro atoms. The minimum Gasteiger partial charge on any atom is -0.309 e. The summed E-state index contributed by atoms with van der Waals surface area (Å²) in [6, 6.07) is 0.911. The van der Waals surface area contributed by atoms with Crippen molar-refractivity contribution in [2.75, 3.05) is 19.6 Å². The molecule has 0 aromatic carbocycles. The molecule has 1 heterocycles. The van der Waals surface area contributed by atoms with E-state index in [4.69, 9.17) is 0 Å². The summed E-state index contributed by atoms with van der Waals surface area (Å²) in [5.41, 5.74) is 0.503. The Balaban J connectivity index is 1.61. The van der Waals surface area contributed by atoms with Gasteiger partial charge in [0.1, 0.15) is 0 Å². The molecule has 3 aliphatic rings. The molecule has 104 valence electrons. The van der Waals surface area contributed by atoms with E-state index in [0.29, 0.717) is 5.54 Å². The molecule has 1 N–H and O–H groups in total. The van der Waals surface area contributed by atoms with Gasteiger partial charge >= 0.3 is 0 Å². The molecule has 0 aromatic rings. The Morgan fingerprint density at radius 3 is 2.22 bits per heavy atom. The summed E-state index contributed by atoms with van der Waals surface area (Å²) in [4.78, 5) is 2.85. The molecule has 0 bridgehead atoms. The van der Waals surface area contributed by atoms with Crippen LogP contribution in [0.4, 0.5) is 0 Å². The van der Waals surface area contributed by atoms with E-state index in [1.807, 2.05) is 0 Å². The minimum atomic E-state index is 0.503. The summed E-state index contributed by atoms with van der Waals surface area (Å²) in [6.45, 7) is 3.88. The highest BCUT2D eigenvalue weighted by Crippen LogP contribution is 2.33. The molecule has 0 radical (unpaired) electrons. The highest BCUT2D eigenvalue weighted by Gasteiger charge is 2.37. The summed E-state index contributed by atoms with van der Waals surface area (Å²) in [7, 11) is 0. The third kappa shape index (κ3) is 2.91. The van der Waals surface area contributed by atoms with Crippen molar-refractivity contribution < 1.29 is 0 Å². The minimum absolute atomic E-state index is 0.503. The Labute approximate surface area is 113 Å². The first-order valence-corrected chi connectivity index (χ1v) is 8.37. The zero-order valence-electron chi connectivity index (χ0n) is 11.9. The number of hydrogen-bond donors (Lipinski definition) is 1. The lowest BCUT2D eigenvalue weighted by Gasteiger charge is -2.48. The van der Waals surface area contributed by atoms with Crippen LogP contribution in [0.3, 0.4) is 0 Å². The van der Waals surface area contributed by atoms with Crippen LogP contribution in [0.1, 0.15) is 70.6 Å². The fourth-order valence-corrected chi connectivity index (χ4v) is 4.49. The lowest BCUT2D eigenvalue weighted by atomic mass is 9.79. The molecule has 0 atom stereocenters. The van der Waals surface area contributed by atoms with E-state index < -0.39 is 0 Å². The van der Waals surface area contributed by atoms with Crippen LogP contribution in [0.15, 0.2) is 0 Å². The van der Waals surface area contributed by atoms with Crippen molar-refractivity contribution in [1.29, 1.82) is 0 Å². The summed E-state index contributed by atoms with van der Waals surface area (Å²) in [6.07, 6.45) is 16.1. The fourth-order valence-electron chi connectivity index (χ4n) is 4.49. The van der Waals surface area contributed by atoms with Crippen molar-refractivity contribution in [3.05, 3.63) is 0 Å². The van der Waals surface area contributed by atoms with Gasteiger partial charge in [-0.2, -0.15) is 0 Å². The standard InChI is InChI=1S/C16H30N2/c1-2-5-9-15(8-4-1)18-13-12-17-16(14-18)10-6-3-7-11-16/h15,17H,1-14H2. The third-order valence-electron chi connectivity index (χ3n) is 5.56. The first-order chi connectivity index (χ1) is 8.88. The van der Waals surface area contributed by atoms with Gasteiger partial charge in [-0.15, -0.1) is 0 Å². The molecule has 3 rings (SSSR count). The second kappa shape index (κ2) is 5.92. The first kappa shape index (κ1) is 12.9. The van der Waals surface area contributed by atoms with Gasteiger partial charge in [0.15, 0.2) is 0 Å². The molecule has 2 aliphatic carbocycles. The van der Waals surface area contributed by atoms with E-state index in [0.717, 1.165) is 6.04 Å². The van der Waals surface area contributed by atoms with Crippen LogP contribution in [-0.2, 0) is 0 Å². The highest BCUT2D eigenvalue weighted by molar-refractivity contribution is 4.98.